The number of non-ortho nitro benzene ring substituents is 1. The molecule has 0 saturated carbocycles. The third kappa shape index (κ3) is 4.53. The summed E-state index contributed by atoms with van der Waals surface area (Å²) in [6.45, 7) is 0. The number of hydrogen-bond acceptors (Lipinski definition) is 3. The molecule has 0 aliphatic carbocycles. The van der Waals surface area contributed by atoms with Crippen molar-refractivity contribution in [1.29, 1.82) is 0 Å². The number of nitro groups is 1. The van der Waals surface area contributed by atoms with Crippen LogP contribution in [0.2, 0.25) is 0 Å². The van der Waals surface area contributed by atoms with Crippen LogP contribution in [0.5, 0.6) is 0 Å². The lowest BCUT2D eigenvalue weighted by atomic mass is 10.1. The average Bonchev–Trinajstić information content (AvgIpc) is 2.47. The van der Waals surface area contributed by atoms with Crippen molar-refractivity contribution in [3.05, 3.63) is 69.8 Å². The molecule has 23 heavy (non-hydrogen) atoms. The number of rotatable bonds is 4. The Morgan fingerprint density at radius 1 is 1.13 bits per heavy atom. The summed E-state index contributed by atoms with van der Waals surface area (Å²) in [5.74, 6) is -0.516. The maximum atomic E-state index is 12.6. The quantitative estimate of drug-likeness (QED) is 0.687. The Labute approximate surface area is 128 Å². The minimum Gasteiger partial charge on any atom is -0.326 e. The Balaban J connectivity index is 2.03. The molecule has 2 aromatic carbocycles. The number of hydrogen-bond donors (Lipinski definition) is 1. The Morgan fingerprint density at radius 3 is 2.35 bits per heavy atom. The fourth-order valence-electron chi connectivity index (χ4n) is 1.91. The lowest BCUT2D eigenvalue weighted by molar-refractivity contribution is -0.384. The zero-order valence-corrected chi connectivity index (χ0v) is 11.6. The van der Waals surface area contributed by atoms with E-state index in [2.05, 4.69) is 5.32 Å². The van der Waals surface area contributed by atoms with E-state index in [1.165, 1.54) is 36.4 Å². The number of anilines is 1. The number of nitro benzene ring substituents is 1. The molecule has 2 rings (SSSR count). The van der Waals surface area contributed by atoms with Crippen LogP contribution >= 0.6 is 0 Å². The number of halogens is 3. The van der Waals surface area contributed by atoms with Gasteiger partial charge in [-0.25, -0.2) is 0 Å². The normalized spacial score (nSPS) is 11.1. The molecular weight excluding hydrogens is 313 g/mol. The van der Waals surface area contributed by atoms with E-state index in [9.17, 15) is 28.1 Å². The minimum atomic E-state index is -4.47. The third-order valence-corrected chi connectivity index (χ3v) is 2.98. The van der Waals surface area contributed by atoms with Crippen molar-refractivity contribution in [2.75, 3.05) is 5.32 Å². The fraction of sp³-hybridized carbons (Fsp3) is 0.133. The molecule has 0 fully saturated rings. The molecule has 0 aliphatic rings. The molecule has 0 spiro atoms. The van der Waals surface area contributed by atoms with Gasteiger partial charge in [0.1, 0.15) is 0 Å². The number of nitrogens with one attached hydrogen (secondary N) is 1. The van der Waals surface area contributed by atoms with Crippen molar-refractivity contribution in [3.63, 3.8) is 0 Å². The molecule has 0 atom stereocenters. The van der Waals surface area contributed by atoms with Crippen LogP contribution in [0.4, 0.5) is 24.5 Å². The number of carbonyl (C=O) groups excluding carboxylic acids is 1. The van der Waals surface area contributed by atoms with Crippen molar-refractivity contribution < 1.29 is 22.9 Å². The molecule has 0 aromatic heterocycles. The maximum absolute atomic E-state index is 12.6. The lowest BCUT2D eigenvalue weighted by Gasteiger charge is -2.09. The van der Waals surface area contributed by atoms with E-state index in [1.807, 2.05) is 0 Å². The van der Waals surface area contributed by atoms with Crippen LogP contribution in [0.15, 0.2) is 48.5 Å². The first-order valence-electron chi connectivity index (χ1n) is 6.46. The lowest BCUT2D eigenvalue weighted by Crippen LogP contribution is -2.15. The summed E-state index contributed by atoms with van der Waals surface area (Å²) in [4.78, 5) is 21.8. The van der Waals surface area contributed by atoms with Gasteiger partial charge in [-0.05, 0) is 23.8 Å². The van der Waals surface area contributed by atoms with E-state index >= 15 is 0 Å². The number of amides is 1. The van der Waals surface area contributed by atoms with Crippen LogP contribution in [0.25, 0.3) is 0 Å². The summed E-state index contributed by atoms with van der Waals surface area (Å²) in [7, 11) is 0. The number of nitrogens with zero attached hydrogens (tertiary/aromatic N) is 1. The van der Waals surface area contributed by atoms with Crippen LogP contribution in [-0.2, 0) is 17.4 Å². The van der Waals surface area contributed by atoms with Gasteiger partial charge in [0.05, 0.1) is 16.9 Å². The van der Waals surface area contributed by atoms with E-state index in [0.717, 1.165) is 12.1 Å². The van der Waals surface area contributed by atoms with Gasteiger partial charge in [0.15, 0.2) is 0 Å². The van der Waals surface area contributed by atoms with Crippen LogP contribution in [0.1, 0.15) is 11.1 Å². The fourth-order valence-corrected chi connectivity index (χ4v) is 1.91. The van der Waals surface area contributed by atoms with Crippen molar-refractivity contribution >= 4 is 17.3 Å². The second-order valence-electron chi connectivity index (χ2n) is 4.73. The smallest absolute Gasteiger partial charge is 0.326 e. The van der Waals surface area contributed by atoms with Gasteiger partial charge in [-0.3, -0.25) is 14.9 Å². The zero-order valence-electron chi connectivity index (χ0n) is 11.6. The maximum Gasteiger partial charge on any atom is 0.416 e. The van der Waals surface area contributed by atoms with Gasteiger partial charge in [-0.2, -0.15) is 13.2 Å². The van der Waals surface area contributed by atoms with Crippen LogP contribution in [0.3, 0.4) is 0 Å². The average molecular weight is 324 g/mol. The molecule has 0 aliphatic heterocycles. The summed E-state index contributed by atoms with van der Waals surface area (Å²) in [5, 5.41) is 13.0. The number of carbonyl (C=O) groups is 1. The van der Waals surface area contributed by atoms with E-state index < -0.39 is 22.6 Å². The zero-order chi connectivity index (χ0) is 17.0. The predicted molar refractivity (Wildman–Crippen MR) is 76.9 cm³/mol. The summed E-state index contributed by atoms with van der Waals surface area (Å²) >= 11 is 0. The molecule has 1 N–H and O–H groups in total. The molecule has 0 radical (unpaired) electrons. The Kier molecular flexibility index (Phi) is 4.63. The van der Waals surface area contributed by atoms with Crippen LogP contribution in [-0.4, -0.2) is 10.8 Å². The first kappa shape index (κ1) is 16.5. The number of alkyl halides is 3. The van der Waals surface area contributed by atoms with Gasteiger partial charge in [0.25, 0.3) is 5.69 Å². The molecule has 0 heterocycles. The molecule has 0 bridgehead atoms. The van der Waals surface area contributed by atoms with Gasteiger partial charge in [0, 0.05) is 17.8 Å². The van der Waals surface area contributed by atoms with E-state index in [0.29, 0.717) is 5.69 Å². The standard InChI is InChI=1S/C15H11F3N2O3/c16-15(17,18)11-3-1-2-10(8-11)9-14(21)19-12-4-6-13(7-5-12)20(22)23/h1-8H,9H2,(H,19,21). The van der Waals surface area contributed by atoms with Crippen molar-refractivity contribution in [1.82, 2.24) is 0 Å². The Morgan fingerprint density at radius 2 is 1.78 bits per heavy atom. The first-order valence-corrected chi connectivity index (χ1v) is 6.46. The summed E-state index contributed by atoms with van der Waals surface area (Å²) < 4.78 is 37.8. The Hall–Kier alpha value is -2.90. The summed E-state index contributed by atoms with van der Waals surface area (Å²) in [5.41, 5.74) is -0.397. The van der Waals surface area contributed by atoms with Gasteiger partial charge in [0.2, 0.25) is 5.91 Å². The predicted octanol–water partition coefficient (Wildman–Crippen LogP) is 3.79. The van der Waals surface area contributed by atoms with Gasteiger partial charge in [-0.15, -0.1) is 0 Å². The molecular formula is C15H11F3N2O3. The highest BCUT2D eigenvalue weighted by atomic mass is 19.4. The van der Waals surface area contributed by atoms with E-state index in [4.69, 9.17) is 0 Å². The molecule has 0 saturated heterocycles. The van der Waals surface area contributed by atoms with Crippen molar-refractivity contribution in [3.8, 4) is 0 Å². The second-order valence-corrected chi connectivity index (χ2v) is 4.73. The molecule has 8 heteroatoms. The van der Waals surface area contributed by atoms with Gasteiger partial charge < -0.3 is 5.32 Å². The topological polar surface area (TPSA) is 72.2 Å². The summed E-state index contributed by atoms with van der Waals surface area (Å²) in [6, 6.07) is 9.64. The SMILES string of the molecule is O=C(Cc1cccc(C(F)(F)F)c1)Nc1ccc([N+](=O)[O-])cc1. The van der Waals surface area contributed by atoms with Crippen LogP contribution < -0.4 is 5.32 Å². The molecule has 0 unspecified atom stereocenters. The third-order valence-electron chi connectivity index (χ3n) is 2.98. The van der Waals surface area contributed by atoms with Crippen molar-refractivity contribution in [2.45, 2.75) is 12.6 Å². The highest BCUT2D eigenvalue weighted by Gasteiger charge is 2.30. The largest absolute Gasteiger partial charge is 0.416 e. The number of benzene rings is 2. The molecule has 120 valence electrons. The van der Waals surface area contributed by atoms with Gasteiger partial charge in [-0.1, -0.05) is 18.2 Å². The highest BCUT2D eigenvalue weighted by Crippen LogP contribution is 2.29. The first-order chi connectivity index (χ1) is 10.8. The van der Waals surface area contributed by atoms with Crippen LogP contribution in [0, 0.1) is 10.1 Å². The molecule has 1 amide bonds. The highest BCUT2D eigenvalue weighted by molar-refractivity contribution is 5.92. The van der Waals surface area contributed by atoms with E-state index in [1.54, 1.807) is 0 Å². The Bertz CT molecular complexity index is 727. The molecule has 5 nitrogen and oxygen atoms in total. The van der Waals surface area contributed by atoms with Crippen molar-refractivity contribution in [2.24, 2.45) is 0 Å². The monoisotopic (exact) mass is 324 g/mol. The second kappa shape index (κ2) is 6.47. The van der Waals surface area contributed by atoms with Gasteiger partial charge >= 0.3 is 6.18 Å². The summed E-state index contributed by atoms with van der Waals surface area (Å²) in [6.07, 6.45) is -4.70. The minimum absolute atomic E-state index is 0.124. The van der Waals surface area contributed by atoms with E-state index in [-0.39, 0.29) is 17.7 Å². The molecule has 2 aromatic rings.